The molecule has 3 heteroatoms. The highest BCUT2D eigenvalue weighted by atomic mass is 16.5. The maximum Gasteiger partial charge on any atom is 0.0986 e. The summed E-state index contributed by atoms with van der Waals surface area (Å²) in [5.74, 6) is 0. The van der Waals surface area contributed by atoms with Gasteiger partial charge in [-0.05, 0) is 27.7 Å². The minimum absolute atomic E-state index is 0.184. The number of ether oxygens (including phenoxy) is 2. The van der Waals surface area contributed by atoms with Gasteiger partial charge in [0.25, 0.3) is 0 Å². The molecule has 1 atom stereocenters. The minimum atomic E-state index is -0.187. The maximum atomic E-state index is 5.75. The van der Waals surface area contributed by atoms with Crippen molar-refractivity contribution in [2.24, 2.45) is 0 Å². The van der Waals surface area contributed by atoms with Gasteiger partial charge in [0.05, 0.1) is 18.3 Å². The quantitative estimate of drug-likeness (QED) is 0.691. The zero-order valence-electron chi connectivity index (χ0n) is 10.0. The third-order valence-corrected chi connectivity index (χ3v) is 3.13. The van der Waals surface area contributed by atoms with Crippen LogP contribution < -0.4 is 0 Å². The standard InChI is InChI=1S/C11H23NO2/c1-9(2)12-6-7-14-10(8-12)11(3,4)13-5/h9-10H,6-8H2,1-5H3. The normalized spacial score (nSPS) is 25.7. The third kappa shape index (κ3) is 2.69. The summed E-state index contributed by atoms with van der Waals surface area (Å²) in [5.41, 5.74) is -0.187. The molecule has 3 nitrogen and oxygen atoms in total. The number of nitrogens with zero attached hydrogens (tertiary/aromatic N) is 1. The molecule has 1 heterocycles. The molecule has 14 heavy (non-hydrogen) atoms. The van der Waals surface area contributed by atoms with Crippen molar-refractivity contribution in [3.05, 3.63) is 0 Å². The Hall–Kier alpha value is -0.120. The van der Waals surface area contributed by atoms with Gasteiger partial charge in [0, 0.05) is 26.2 Å². The van der Waals surface area contributed by atoms with E-state index in [0.717, 1.165) is 19.7 Å². The molecule has 1 rings (SSSR count). The Bertz CT molecular complexity index is 180. The first-order valence-corrected chi connectivity index (χ1v) is 5.38. The number of hydrogen-bond acceptors (Lipinski definition) is 3. The van der Waals surface area contributed by atoms with Crippen molar-refractivity contribution in [1.29, 1.82) is 0 Å². The summed E-state index contributed by atoms with van der Waals surface area (Å²) in [6, 6.07) is 0.592. The lowest BCUT2D eigenvalue weighted by atomic mass is 9.99. The monoisotopic (exact) mass is 201 g/mol. The summed E-state index contributed by atoms with van der Waals surface area (Å²) < 4.78 is 11.2. The molecule has 1 saturated heterocycles. The van der Waals surface area contributed by atoms with Crippen LogP contribution in [0, 0.1) is 0 Å². The highest BCUT2D eigenvalue weighted by Crippen LogP contribution is 2.21. The van der Waals surface area contributed by atoms with E-state index in [1.807, 2.05) is 0 Å². The Balaban J connectivity index is 2.56. The average molecular weight is 201 g/mol. The summed E-state index contributed by atoms with van der Waals surface area (Å²) in [4.78, 5) is 2.44. The Morgan fingerprint density at radius 1 is 1.43 bits per heavy atom. The van der Waals surface area contributed by atoms with Crippen LogP contribution in [0.3, 0.4) is 0 Å². The molecule has 0 aromatic heterocycles. The molecule has 0 bridgehead atoms. The topological polar surface area (TPSA) is 21.7 Å². The predicted octanol–water partition coefficient (Wildman–Crippen LogP) is 1.52. The summed E-state index contributed by atoms with van der Waals surface area (Å²) in [5, 5.41) is 0. The van der Waals surface area contributed by atoms with E-state index < -0.39 is 0 Å². The van der Waals surface area contributed by atoms with Crippen LogP contribution in [0.15, 0.2) is 0 Å². The van der Waals surface area contributed by atoms with E-state index in [0.29, 0.717) is 6.04 Å². The Morgan fingerprint density at radius 3 is 2.57 bits per heavy atom. The lowest BCUT2D eigenvalue weighted by Gasteiger charge is -2.41. The highest BCUT2D eigenvalue weighted by Gasteiger charge is 2.34. The molecule has 0 spiro atoms. The fourth-order valence-corrected chi connectivity index (χ4v) is 1.69. The fourth-order valence-electron chi connectivity index (χ4n) is 1.69. The van der Waals surface area contributed by atoms with E-state index in [1.165, 1.54) is 0 Å². The molecule has 1 fully saturated rings. The lowest BCUT2D eigenvalue weighted by Crippen LogP contribution is -2.54. The van der Waals surface area contributed by atoms with Gasteiger partial charge in [-0.25, -0.2) is 0 Å². The van der Waals surface area contributed by atoms with Gasteiger partial charge in [0.15, 0.2) is 0 Å². The van der Waals surface area contributed by atoms with Crippen molar-refractivity contribution in [3.63, 3.8) is 0 Å². The smallest absolute Gasteiger partial charge is 0.0986 e. The molecule has 1 unspecified atom stereocenters. The molecule has 0 aliphatic carbocycles. The molecule has 0 N–H and O–H groups in total. The van der Waals surface area contributed by atoms with Crippen molar-refractivity contribution in [1.82, 2.24) is 4.90 Å². The van der Waals surface area contributed by atoms with Crippen molar-refractivity contribution in [2.45, 2.75) is 45.4 Å². The largest absolute Gasteiger partial charge is 0.376 e. The first-order valence-electron chi connectivity index (χ1n) is 5.38. The van der Waals surface area contributed by atoms with Crippen LogP contribution in [-0.2, 0) is 9.47 Å². The van der Waals surface area contributed by atoms with E-state index >= 15 is 0 Å². The van der Waals surface area contributed by atoms with Crippen LogP contribution in [0.2, 0.25) is 0 Å². The summed E-state index contributed by atoms with van der Waals surface area (Å²) in [6.45, 7) is 11.4. The molecule has 0 aromatic rings. The van der Waals surface area contributed by atoms with Gasteiger partial charge >= 0.3 is 0 Å². The average Bonchev–Trinajstić information content (AvgIpc) is 2.18. The van der Waals surface area contributed by atoms with E-state index in [9.17, 15) is 0 Å². The second-order valence-electron chi connectivity index (χ2n) is 4.76. The first kappa shape index (κ1) is 12.0. The highest BCUT2D eigenvalue weighted by molar-refractivity contribution is 4.86. The van der Waals surface area contributed by atoms with E-state index in [2.05, 4.69) is 32.6 Å². The summed E-state index contributed by atoms with van der Waals surface area (Å²) in [6.07, 6.45) is 0.184. The Labute approximate surface area is 87.4 Å². The molecule has 0 amide bonds. The van der Waals surface area contributed by atoms with Gasteiger partial charge < -0.3 is 9.47 Å². The maximum absolute atomic E-state index is 5.75. The number of rotatable bonds is 3. The van der Waals surface area contributed by atoms with Crippen LogP contribution in [0.25, 0.3) is 0 Å². The SMILES string of the molecule is COC(C)(C)C1CN(C(C)C)CCO1. The van der Waals surface area contributed by atoms with Gasteiger partial charge in [-0.1, -0.05) is 0 Å². The molecule has 1 aliphatic heterocycles. The van der Waals surface area contributed by atoms with Crippen LogP contribution in [0.1, 0.15) is 27.7 Å². The molecule has 1 aliphatic rings. The van der Waals surface area contributed by atoms with Gasteiger partial charge in [-0.3, -0.25) is 4.90 Å². The third-order valence-electron chi connectivity index (χ3n) is 3.13. The second-order valence-corrected chi connectivity index (χ2v) is 4.76. The second kappa shape index (κ2) is 4.60. The lowest BCUT2D eigenvalue weighted by molar-refractivity contribution is -0.146. The van der Waals surface area contributed by atoms with E-state index in [1.54, 1.807) is 7.11 Å². The van der Waals surface area contributed by atoms with Gasteiger partial charge in [0.2, 0.25) is 0 Å². The van der Waals surface area contributed by atoms with E-state index in [4.69, 9.17) is 9.47 Å². The number of morpholine rings is 1. The van der Waals surface area contributed by atoms with Crippen LogP contribution in [-0.4, -0.2) is 49.5 Å². The zero-order valence-corrected chi connectivity index (χ0v) is 10.0. The van der Waals surface area contributed by atoms with Crippen molar-refractivity contribution in [2.75, 3.05) is 26.8 Å². The zero-order chi connectivity index (χ0) is 10.8. The number of hydrogen-bond donors (Lipinski definition) is 0. The Morgan fingerprint density at radius 2 is 2.07 bits per heavy atom. The molecule has 0 aromatic carbocycles. The molecule has 0 saturated carbocycles. The summed E-state index contributed by atoms with van der Waals surface area (Å²) in [7, 11) is 1.75. The first-order chi connectivity index (χ1) is 6.47. The van der Waals surface area contributed by atoms with Gasteiger partial charge in [-0.15, -0.1) is 0 Å². The number of methoxy groups -OCH3 is 1. The molecule has 0 radical (unpaired) electrons. The van der Waals surface area contributed by atoms with Gasteiger partial charge in [-0.2, -0.15) is 0 Å². The summed E-state index contributed by atoms with van der Waals surface area (Å²) >= 11 is 0. The molecular formula is C11H23NO2. The van der Waals surface area contributed by atoms with Crippen molar-refractivity contribution >= 4 is 0 Å². The molecule has 84 valence electrons. The van der Waals surface area contributed by atoms with Crippen molar-refractivity contribution < 1.29 is 9.47 Å². The van der Waals surface area contributed by atoms with Crippen LogP contribution in [0.5, 0.6) is 0 Å². The van der Waals surface area contributed by atoms with E-state index in [-0.39, 0.29) is 11.7 Å². The van der Waals surface area contributed by atoms with Crippen molar-refractivity contribution in [3.8, 4) is 0 Å². The predicted molar refractivity (Wildman–Crippen MR) is 57.5 cm³/mol. The fraction of sp³-hybridized carbons (Fsp3) is 1.00. The molecular weight excluding hydrogens is 178 g/mol. The van der Waals surface area contributed by atoms with Crippen LogP contribution >= 0.6 is 0 Å². The Kier molecular flexibility index (Phi) is 3.93. The van der Waals surface area contributed by atoms with Crippen LogP contribution in [0.4, 0.5) is 0 Å². The minimum Gasteiger partial charge on any atom is -0.376 e. The van der Waals surface area contributed by atoms with Gasteiger partial charge in [0.1, 0.15) is 0 Å².